The van der Waals surface area contributed by atoms with E-state index in [1.54, 1.807) is 0 Å². The second kappa shape index (κ2) is 5.31. The Morgan fingerprint density at radius 2 is 2.00 bits per heavy atom. The third-order valence-corrected chi connectivity index (χ3v) is 4.44. The van der Waals surface area contributed by atoms with E-state index in [0.717, 1.165) is 18.5 Å². The zero-order valence-corrected chi connectivity index (χ0v) is 9.99. The van der Waals surface area contributed by atoms with Gasteiger partial charge in [0, 0.05) is 19.2 Å². The second-order valence-corrected chi connectivity index (χ2v) is 5.35. The van der Waals surface area contributed by atoms with Gasteiger partial charge in [0.05, 0.1) is 0 Å². The van der Waals surface area contributed by atoms with Crippen LogP contribution in [0.5, 0.6) is 0 Å². The smallest absolute Gasteiger partial charge is 0.0471 e. The van der Waals surface area contributed by atoms with Crippen molar-refractivity contribution in [2.75, 3.05) is 19.7 Å². The third-order valence-electron chi connectivity index (χ3n) is 4.44. The quantitative estimate of drug-likeness (QED) is 0.774. The lowest BCUT2D eigenvalue weighted by Gasteiger charge is -2.37. The van der Waals surface area contributed by atoms with E-state index in [1.165, 1.54) is 45.1 Å². The van der Waals surface area contributed by atoms with E-state index in [0.29, 0.717) is 12.5 Å². The van der Waals surface area contributed by atoms with E-state index in [-0.39, 0.29) is 0 Å². The molecule has 2 fully saturated rings. The summed E-state index contributed by atoms with van der Waals surface area (Å²) < 4.78 is 0. The summed E-state index contributed by atoms with van der Waals surface area (Å²) >= 11 is 0. The summed E-state index contributed by atoms with van der Waals surface area (Å²) in [5.41, 5.74) is 0. The highest BCUT2D eigenvalue weighted by Crippen LogP contribution is 2.33. The molecule has 1 aliphatic heterocycles. The summed E-state index contributed by atoms with van der Waals surface area (Å²) in [6.45, 7) is 5.10. The van der Waals surface area contributed by atoms with Crippen LogP contribution in [-0.4, -0.2) is 35.7 Å². The van der Waals surface area contributed by atoms with Crippen LogP contribution in [0.4, 0.5) is 0 Å². The fourth-order valence-electron chi connectivity index (χ4n) is 3.46. The van der Waals surface area contributed by atoms with Gasteiger partial charge in [0.15, 0.2) is 0 Å². The Morgan fingerprint density at radius 3 is 2.67 bits per heavy atom. The monoisotopic (exact) mass is 211 g/mol. The van der Waals surface area contributed by atoms with Crippen LogP contribution in [0.15, 0.2) is 0 Å². The first-order valence-corrected chi connectivity index (χ1v) is 6.70. The zero-order valence-electron chi connectivity index (χ0n) is 9.99. The highest BCUT2D eigenvalue weighted by atomic mass is 16.3. The Hall–Kier alpha value is -0.0800. The summed E-state index contributed by atoms with van der Waals surface area (Å²) in [7, 11) is 0. The van der Waals surface area contributed by atoms with Gasteiger partial charge in [-0.2, -0.15) is 0 Å². The average Bonchev–Trinajstić information content (AvgIpc) is 2.77. The molecule has 2 rings (SSSR count). The Balaban J connectivity index is 1.90. The summed E-state index contributed by atoms with van der Waals surface area (Å²) in [6.07, 6.45) is 8.24. The number of likely N-dealkylation sites (tertiary alicyclic amines) is 1. The van der Waals surface area contributed by atoms with Crippen molar-refractivity contribution < 1.29 is 5.11 Å². The van der Waals surface area contributed by atoms with Gasteiger partial charge in [-0.15, -0.1) is 0 Å². The molecule has 0 radical (unpaired) electrons. The first-order valence-electron chi connectivity index (χ1n) is 6.70. The normalized spacial score (nSPS) is 38.4. The number of nitrogens with zero attached hydrogens (tertiary/aromatic N) is 1. The Labute approximate surface area is 93.7 Å². The van der Waals surface area contributed by atoms with Crippen molar-refractivity contribution >= 4 is 0 Å². The minimum Gasteiger partial charge on any atom is -0.396 e. The molecule has 0 aromatic heterocycles. The predicted molar refractivity (Wildman–Crippen MR) is 62.8 cm³/mol. The van der Waals surface area contributed by atoms with Gasteiger partial charge in [-0.1, -0.05) is 26.2 Å². The largest absolute Gasteiger partial charge is 0.396 e. The number of aliphatic hydroxyl groups is 1. The molecule has 88 valence electrons. The van der Waals surface area contributed by atoms with Crippen molar-refractivity contribution in [1.29, 1.82) is 0 Å². The van der Waals surface area contributed by atoms with Crippen LogP contribution >= 0.6 is 0 Å². The van der Waals surface area contributed by atoms with E-state index >= 15 is 0 Å². The zero-order chi connectivity index (χ0) is 10.7. The van der Waals surface area contributed by atoms with Crippen molar-refractivity contribution in [2.45, 2.75) is 51.5 Å². The molecule has 1 N–H and O–H groups in total. The lowest BCUT2D eigenvalue weighted by molar-refractivity contribution is 0.116. The molecular weight excluding hydrogens is 186 g/mol. The van der Waals surface area contributed by atoms with E-state index in [4.69, 9.17) is 0 Å². The molecular formula is C13H25NO. The van der Waals surface area contributed by atoms with E-state index in [9.17, 15) is 5.11 Å². The summed E-state index contributed by atoms with van der Waals surface area (Å²) in [5.74, 6) is 1.49. The maximum Gasteiger partial charge on any atom is 0.0471 e. The number of rotatable bonds is 3. The van der Waals surface area contributed by atoms with Gasteiger partial charge in [0.25, 0.3) is 0 Å². The molecule has 0 bridgehead atoms. The first-order chi connectivity index (χ1) is 7.35. The maximum absolute atomic E-state index is 9.18. The minimum absolute atomic E-state index is 0.389. The summed E-state index contributed by atoms with van der Waals surface area (Å²) in [5, 5.41) is 9.18. The van der Waals surface area contributed by atoms with Crippen LogP contribution in [0, 0.1) is 11.8 Å². The van der Waals surface area contributed by atoms with Gasteiger partial charge in [0.1, 0.15) is 0 Å². The molecule has 0 amide bonds. The van der Waals surface area contributed by atoms with E-state index in [2.05, 4.69) is 11.8 Å². The molecule has 1 heterocycles. The molecule has 3 unspecified atom stereocenters. The highest BCUT2D eigenvalue weighted by Gasteiger charge is 2.33. The molecule has 1 aliphatic carbocycles. The Morgan fingerprint density at radius 1 is 1.20 bits per heavy atom. The van der Waals surface area contributed by atoms with Crippen molar-refractivity contribution in [3.05, 3.63) is 0 Å². The van der Waals surface area contributed by atoms with Gasteiger partial charge in [-0.3, -0.25) is 4.90 Å². The van der Waals surface area contributed by atoms with Crippen LogP contribution in [0.25, 0.3) is 0 Å². The molecule has 2 heteroatoms. The van der Waals surface area contributed by atoms with Gasteiger partial charge in [-0.25, -0.2) is 0 Å². The number of hydrogen-bond donors (Lipinski definition) is 1. The lowest BCUT2D eigenvalue weighted by Crippen LogP contribution is -2.41. The van der Waals surface area contributed by atoms with Crippen molar-refractivity contribution in [3.63, 3.8) is 0 Å². The molecule has 1 saturated heterocycles. The number of aliphatic hydroxyl groups excluding tert-OH is 1. The van der Waals surface area contributed by atoms with Crippen LogP contribution in [0.1, 0.15) is 45.4 Å². The maximum atomic E-state index is 9.18. The summed E-state index contributed by atoms with van der Waals surface area (Å²) in [6, 6.07) is 0.834. The molecule has 0 spiro atoms. The fraction of sp³-hybridized carbons (Fsp3) is 1.00. The van der Waals surface area contributed by atoms with Crippen LogP contribution < -0.4 is 0 Å². The highest BCUT2D eigenvalue weighted by molar-refractivity contribution is 4.87. The molecule has 0 aromatic carbocycles. The predicted octanol–water partition coefficient (Wildman–Crippen LogP) is 2.27. The van der Waals surface area contributed by atoms with Crippen LogP contribution in [0.2, 0.25) is 0 Å². The first kappa shape index (κ1) is 11.4. The molecule has 1 saturated carbocycles. The lowest BCUT2D eigenvalue weighted by atomic mass is 9.82. The molecule has 0 aromatic rings. The average molecular weight is 211 g/mol. The van der Waals surface area contributed by atoms with E-state index in [1.807, 2.05) is 0 Å². The Kier molecular flexibility index (Phi) is 4.04. The van der Waals surface area contributed by atoms with Crippen LogP contribution in [0.3, 0.4) is 0 Å². The standard InChI is InChI=1S/C13H25NO/c1-2-12-5-3-4-6-13(12)14-8-7-11(9-14)10-15/h11-13,15H,2-10H2,1H3. The van der Waals surface area contributed by atoms with Gasteiger partial charge < -0.3 is 5.11 Å². The van der Waals surface area contributed by atoms with Crippen molar-refractivity contribution in [1.82, 2.24) is 4.90 Å². The molecule has 2 aliphatic rings. The summed E-state index contributed by atoms with van der Waals surface area (Å²) in [4.78, 5) is 2.66. The fourth-order valence-corrected chi connectivity index (χ4v) is 3.46. The Bertz CT molecular complexity index is 195. The van der Waals surface area contributed by atoms with Crippen molar-refractivity contribution in [2.24, 2.45) is 11.8 Å². The molecule has 2 nitrogen and oxygen atoms in total. The second-order valence-electron chi connectivity index (χ2n) is 5.35. The third kappa shape index (κ3) is 2.54. The minimum atomic E-state index is 0.389. The van der Waals surface area contributed by atoms with Gasteiger partial charge in [0.2, 0.25) is 0 Å². The SMILES string of the molecule is CCC1CCCCC1N1CCC(CO)C1. The van der Waals surface area contributed by atoms with Gasteiger partial charge in [-0.05, 0) is 37.6 Å². The van der Waals surface area contributed by atoms with E-state index < -0.39 is 0 Å². The number of hydrogen-bond acceptors (Lipinski definition) is 2. The van der Waals surface area contributed by atoms with Gasteiger partial charge >= 0.3 is 0 Å². The molecule has 3 atom stereocenters. The topological polar surface area (TPSA) is 23.5 Å². The van der Waals surface area contributed by atoms with Crippen LogP contribution in [-0.2, 0) is 0 Å². The van der Waals surface area contributed by atoms with Crippen molar-refractivity contribution in [3.8, 4) is 0 Å². The molecule has 15 heavy (non-hydrogen) atoms.